The van der Waals surface area contributed by atoms with Gasteiger partial charge in [-0.05, 0) is 32.6 Å². The highest BCUT2D eigenvalue weighted by Gasteiger charge is 2.27. The Labute approximate surface area is 114 Å². The maximum Gasteiger partial charge on any atom is 0.255 e. The molecule has 1 amide bonds. The normalized spacial score (nSPS) is 17.6. The summed E-state index contributed by atoms with van der Waals surface area (Å²) in [4.78, 5) is 12.4. The van der Waals surface area contributed by atoms with Gasteiger partial charge in [-0.15, -0.1) is 0 Å². The molecule has 2 heterocycles. The second-order valence-corrected chi connectivity index (χ2v) is 5.61. The van der Waals surface area contributed by atoms with Gasteiger partial charge in [-0.25, -0.2) is 0 Å². The summed E-state index contributed by atoms with van der Waals surface area (Å²) in [6.07, 6.45) is 6.48. The van der Waals surface area contributed by atoms with Gasteiger partial charge >= 0.3 is 0 Å². The molecule has 1 unspecified atom stereocenters. The average Bonchev–Trinajstić information content (AvgIpc) is 2.83. The number of rotatable bonds is 5. The van der Waals surface area contributed by atoms with Gasteiger partial charge in [0.05, 0.1) is 29.6 Å². The highest BCUT2D eigenvalue weighted by molar-refractivity contribution is 5.95. The van der Waals surface area contributed by atoms with E-state index in [1.807, 2.05) is 18.5 Å². The lowest BCUT2D eigenvalue weighted by atomic mass is 9.96. The van der Waals surface area contributed by atoms with Gasteiger partial charge in [-0.2, -0.15) is 5.10 Å². The molecule has 0 aliphatic carbocycles. The van der Waals surface area contributed by atoms with Crippen LogP contribution in [0.3, 0.4) is 0 Å². The van der Waals surface area contributed by atoms with Crippen LogP contribution in [0.1, 0.15) is 55.6 Å². The summed E-state index contributed by atoms with van der Waals surface area (Å²) in [6, 6.07) is 0. The van der Waals surface area contributed by atoms with Crippen molar-refractivity contribution in [3.63, 3.8) is 0 Å². The minimum absolute atomic E-state index is 0.0456. The number of hydrogen-bond acceptors (Lipinski definition) is 3. The first kappa shape index (κ1) is 14.1. The number of carbonyl (C=O) groups excluding carboxylic acids is 1. The summed E-state index contributed by atoms with van der Waals surface area (Å²) in [6.45, 7) is 4.77. The Bertz CT molecular complexity index is 456. The fourth-order valence-corrected chi connectivity index (χ4v) is 2.69. The van der Waals surface area contributed by atoms with E-state index < -0.39 is 5.54 Å². The van der Waals surface area contributed by atoms with Crippen molar-refractivity contribution in [3.05, 3.63) is 17.5 Å². The van der Waals surface area contributed by atoms with Crippen LogP contribution >= 0.6 is 0 Å². The molecule has 0 saturated heterocycles. The largest absolute Gasteiger partial charge is 0.394 e. The SMILES string of the molecule is CCCC(C)(CO)NC(=O)c1cnn2c1CCCC2. The van der Waals surface area contributed by atoms with Crippen molar-refractivity contribution in [1.82, 2.24) is 15.1 Å². The van der Waals surface area contributed by atoms with Crippen LogP contribution in [0.4, 0.5) is 0 Å². The first-order valence-corrected chi connectivity index (χ1v) is 7.07. The molecule has 1 aromatic rings. The molecule has 1 aromatic heterocycles. The van der Waals surface area contributed by atoms with Crippen molar-refractivity contribution in [2.45, 2.75) is 58.0 Å². The zero-order valence-corrected chi connectivity index (χ0v) is 11.8. The molecule has 5 heteroatoms. The summed E-state index contributed by atoms with van der Waals surface area (Å²) in [5.74, 6) is -0.117. The van der Waals surface area contributed by atoms with Gasteiger partial charge in [0.2, 0.25) is 0 Å². The van der Waals surface area contributed by atoms with Crippen LogP contribution in [0.15, 0.2) is 6.20 Å². The number of nitrogens with one attached hydrogen (secondary N) is 1. The summed E-state index contributed by atoms with van der Waals surface area (Å²) >= 11 is 0. The first-order valence-electron chi connectivity index (χ1n) is 7.07. The van der Waals surface area contributed by atoms with Gasteiger partial charge in [0.1, 0.15) is 0 Å². The maximum absolute atomic E-state index is 12.4. The number of aromatic nitrogens is 2. The van der Waals surface area contributed by atoms with Crippen molar-refractivity contribution in [1.29, 1.82) is 0 Å². The minimum Gasteiger partial charge on any atom is -0.394 e. The van der Waals surface area contributed by atoms with E-state index in [-0.39, 0.29) is 12.5 Å². The molecule has 19 heavy (non-hydrogen) atoms. The molecule has 0 bridgehead atoms. The molecule has 106 valence electrons. The van der Waals surface area contributed by atoms with Crippen molar-refractivity contribution < 1.29 is 9.90 Å². The number of hydrogen-bond donors (Lipinski definition) is 2. The lowest BCUT2D eigenvalue weighted by molar-refractivity contribution is 0.0839. The molecule has 1 aliphatic rings. The van der Waals surface area contributed by atoms with Crippen molar-refractivity contribution in [3.8, 4) is 0 Å². The number of amides is 1. The Kier molecular flexibility index (Phi) is 4.24. The van der Waals surface area contributed by atoms with Crippen LogP contribution in [0.25, 0.3) is 0 Å². The second kappa shape index (κ2) is 5.74. The van der Waals surface area contributed by atoms with Gasteiger partial charge in [0.25, 0.3) is 5.91 Å². The fourth-order valence-electron chi connectivity index (χ4n) is 2.69. The predicted octanol–water partition coefficient (Wildman–Crippen LogP) is 1.50. The fraction of sp³-hybridized carbons (Fsp3) is 0.714. The Hall–Kier alpha value is -1.36. The molecular weight excluding hydrogens is 242 g/mol. The molecule has 1 aliphatic heterocycles. The molecule has 2 rings (SSSR count). The lowest BCUT2D eigenvalue weighted by Crippen LogP contribution is -2.49. The topological polar surface area (TPSA) is 67.2 Å². The first-order chi connectivity index (χ1) is 9.09. The second-order valence-electron chi connectivity index (χ2n) is 5.61. The summed E-state index contributed by atoms with van der Waals surface area (Å²) < 4.78 is 1.93. The van der Waals surface area contributed by atoms with E-state index in [0.29, 0.717) is 5.56 Å². The van der Waals surface area contributed by atoms with Crippen LogP contribution in [0.5, 0.6) is 0 Å². The molecule has 0 fully saturated rings. The number of aliphatic hydroxyl groups is 1. The number of carbonyl (C=O) groups is 1. The van der Waals surface area contributed by atoms with E-state index in [0.717, 1.165) is 44.3 Å². The molecular formula is C14H23N3O2. The number of fused-ring (bicyclic) bond motifs is 1. The van der Waals surface area contributed by atoms with Crippen molar-refractivity contribution in [2.75, 3.05) is 6.61 Å². The minimum atomic E-state index is -0.546. The van der Waals surface area contributed by atoms with E-state index in [1.54, 1.807) is 6.20 Å². The van der Waals surface area contributed by atoms with Gasteiger partial charge in [-0.1, -0.05) is 13.3 Å². The van der Waals surface area contributed by atoms with Gasteiger partial charge < -0.3 is 10.4 Å². The number of aliphatic hydroxyl groups excluding tert-OH is 1. The van der Waals surface area contributed by atoms with Gasteiger partial charge in [0, 0.05) is 6.54 Å². The third-order valence-electron chi connectivity index (χ3n) is 3.79. The van der Waals surface area contributed by atoms with E-state index in [1.165, 1.54) is 0 Å². The molecule has 1 atom stereocenters. The molecule has 2 N–H and O–H groups in total. The molecule has 0 saturated carbocycles. The highest BCUT2D eigenvalue weighted by Crippen LogP contribution is 2.19. The van der Waals surface area contributed by atoms with Gasteiger partial charge in [-0.3, -0.25) is 9.48 Å². The van der Waals surface area contributed by atoms with E-state index in [9.17, 15) is 9.90 Å². The molecule has 0 aromatic carbocycles. The van der Waals surface area contributed by atoms with Crippen LogP contribution in [0, 0.1) is 0 Å². The molecule has 5 nitrogen and oxygen atoms in total. The zero-order chi connectivity index (χ0) is 13.9. The summed E-state index contributed by atoms with van der Waals surface area (Å²) in [5.41, 5.74) is 1.14. The lowest BCUT2D eigenvalue weighted by Gasteiger charge is -2.28. The van der Waals surface area contributed by atoms with E-state index >= 15 is 0 Å². The summed E-state index contributed by atoms with van der Waals surface area (Å²) in [7, 11) is 0. The summed E-state index contributed by atoms with van der Waals surface area (Å²) in [5, 5.41) is 16.7. The number of aryl methyl sites for hydroxylation is 1. The standard InChI is InChI=1S/C14H23N3O2/c1-3-7-14(2,10-18)16-13(19)11-9-15-17-8-5-4-6-12(11)17/h9,18H,3-8,10H2,1-2H3,(H,16,19). The monoisotopic (exact) mass is 265 g/mol. The van der Waals surface area contributed by atoms with Gasteiger partial charge in [0.15, 0.2) is 0 Å². The zero-order valence-electron chi connectivity index (χ0n) is 11.8. The van der Waals surface area contributed by atoms with Crippen LogP contribution in [-0.4, -0.2) is 32.9 Å². The Morgan fingerprint density at radius 2 is 2.37 bits per heavy atom. The highest BCUT2D eigenvalue weighted by atomic mass is 16.3. The van der Waals surface area contributed by atoms with Crippen LogP contribution < -0.4 is 5.32 Å². The maximum atomic E-state index is 12.4. The third-order valence-corrected chi connectivity index (χ3v) is 3.79. The van der Waals surface area contributed by atoms with E-state index in [4.69, 9.17) is 0 Å². The van der Waals surface area contributed by atoms with Crippen molar-refractivity contribution in [2.24, 2.45) is 0 Å². The smallest absolute Gasteiger partial charge is 0.255 e. The van der Waals surface area contributed by atoms with E-state index in [2.05, 4.69) is 10.4 Å². The quantitative estimate of drug-likeness (QED) is 0.848. The average molecular weight is 265 g/mol. The molecule has 0 radical (unpaired) electrons. The van der Waals surface area contributed by atoms with Crippen LogP contribution in [-0.2, 0) is 13.0 Å². The Morgan fingerprint density at radius 1 is 1.58 bits per heavy atom. The molecule has 0 spiro atoms. The third kappa shape index (κ3) is 2.97. The Morgan fingerprint density at radius 3 is 3.05 bits per heavy atom. The predicted molar refractivity (Wildman–Crippen MR) is 73.0 cm³/mol. The van der Waals surface area contributed by atoms with Crippen molar-refractivity contribution >= 4 is 5.91 Å². The van der Waals surface area contributed by atoms with Crippen LogP contribution in [0.2, 0.25) is 0 Å². The number of nitrogens with zero attached hydrogens (tertiary/aromatic N) is 2. The Balaban J connectivity index is 2.13.